The SMILES string of the molecule is N#CC1CCN(C(=O)Nc2cc(F)c(C(F)(F)F)c(F)c2)CC1. The minimum atomic E-state index is -5.16. The molecule has 0 aliphatic carbocycles. The summed E-state index contributed by atoms with van der Waals surface area (Å²) in [6.07, 6.45) is -4.21. The molecule has 0 aromatic heterocycles. The number of piperidine rings is 1. The van der Waals surface area contributed by atoms with E-state index in [-0.39, 0.29) is 19.0 Å². The molecule has 1 aliphatic heterocycles. The second kappa shape index (κ2) is 6.40. The van der Waals surface area contributed by atoms with Crippen molar-refractivity contribution in [1.29, 1.82) is 5.26 Å². The van der Waals surface area contributed by atoms with Crippen LogP contribution in [-0.4, -0.2) is 24.0 Å². The largest absolute Gasteiger partial charge is 0.422 e. The molecule has 124 valence electrons. The number of carbonyl (C=O) groups excluding carboxylic acids is 1. The molecule has 2 amide bonds. The van der Waals surface area contributed by atoms with Crippen LogP contribution in [0.3, 0.4) is 0 Å². The number of urea groups is 1. The molecular weight excluding hydrogens is 321 g/mol. The van der Waals surface area contributed by atoms with Crippen LogP contribution >= 0.6 is 0 Å². The highest BCUT2D eigenvalue weighted by molar-refractivity contribution is 5.89. The van der Waals surface area contributed by atoms with E-state index in [1.165, 1.54) is 4.90 Å². The van der Waals surface area contributed by atoms with Gasteiger partial charge in [-0.25, -0.2) is 13.6 Å². The summed E-state index contributed by atoms with van der Waals surface area (Å²) < 4.78 is 64.3. The predicted molar refractivity (Wildman–Crippen MR) is 70.3 cm³/mol. The Morgan fingerprint density at radius 2 is 1.74 bits per heavy atom. The molecule has 0 atom stereocenters. The smallest absolute Gasteiger partial charge is 0.324 e. The zero-order chi connectivity index (χ0) is 17.2. The second-order valence-corrected chi connectivity index (χ2v) is 5.13. The van der Waals surface area contributed by atoms with Gasteiger partial charge >= 0.3 is 12.2 Å². The van der Waals surface area contributed by atoms with Gasteiger partial charge in [-0.2, -0.15) is 18.4 Å². The van der Waals surface area contributed by atoms with Crippen LogP contribution in [-0.2, 0) is 6.18 Å². The van der Waals surface area contributed by atoms with Gasteiger partial charge in [-0.15, -0.1) is 0 Å². The highest BCUT2D eigenvalue weighted by Crippen LogP contribution is 2.34. The van der Waals surface area contributed by atoms with Gasteiger partial charge in [0.1, 0.15) is 17.2 Å². The maximum atomic E-state index is 13.4. The number of alkyl halides is 3. The molecule has 0 spiro atoms. The summed E-state index contributed by atoms with van der Waals surface area (Å²) in [7, 11) is 0. The zero-order valence-corrected chi connectivity index (χ0v) is 11.8. The Balaban J connectivity index is 2.09. The lowest BCUT2D eigenvalue weighted by Crippen LogP contribution is -2.40. The number of nitriles is 1. The average Bonchev–Trinajstić information content (AvgIpc) is 2.45. The van der Waals surface area contributed by atoms with Crippen LogP contribution in [0.2, 0.25) is 0 Å². The van der Waals surface area contributed by atoms with Gasteiger partial charge in [0.25, 0.3) is 0 Å². The van der Waals surface area contributed by atoms with Crippen LogP contribution in [0.15, 0.2) is 12.1 Å². The van der Waals surface area contributed by atoms with Crippen molar-refractivity contribution in [2.24, 2.45) is 5.92 Å². The lowest BCUT2D eigenvalue weighted by Gasteiger charge is -2.29. The van der Waals surface area contributed by atoms with Crippen molar-refractivity contribution < 1.29 is 26.7 Å². The maximum absolute atomic E-state index is 13.4. The Kier molecular flexibility index (Phi) is 4.73. The molecular formula is C14H12F5N3O. The van der Waals surface area contributed by atoms with Gasteiger partial charge in [-0.3, -0.25) is 0 Å². The molecule has 0 unspecified atom stereocenters. The molecule has 0 radical (unpaired) electrons. The van der Waals surface area contributed by atoms with Gasteiger partial charge in [-0.1, -0.05) is 0 Å². The topological polar surface area (TPSA) is 56.1 Å². The summed E-state index contributed by atoms with van der Waals surface area (Å²) in [4.78, 5) is 13.3. The normalized spacial score (nSPS) is 16.1. The quantitative estimate of drug-likeness (QED) is 0.796. The van der Waals surface area contributed by atoms with Gasteiger partial charge < -0.3 is 10.2 Å². The highest BCUT2D eigenvalue weighted by Gasteiger charge is 2.38. The van der Waals surface area contributed by atoms with E-state index >= 15 is 0 Å². The maximum Gasteiger partial charge on any atom is 0.422 e. The molecule has 1 N–H and O–H groups in total. The second-order valence-electron chi connectivity index (χ2n) is 5.13. The number of hydrogen-bond donors (Lipinski definition) is 1. The van der Waals surface area contributed by atoms with Gasteiger partial charge in [0, 0.05) is 24.7 Å². The third kappa shape index (κ3) is 3.88. The van der Waals surface area contributed by atoms with Gasteiger partial charge in [0.15, 0.2) is 0 Å². The fourth-order valence-electron chi connectivity index (χ4n) is 2.33. The molecule has 0 bridgehead atoms. The van der Waals surface area contributed by atoms with Gasteiger partial charge in [-0.05, 0) is 25.0 Å². The van der Waals surface area contributed by atoms with E-state index in [0.29, 0.717) is 25.0 Å². The van der Waals surface area contributed by atoms with Crippen LogP contribution in [0.4, 0.5) is 32.4 Å². The van der Waals surface area contributed by atoms with Crippen molar-refractivity contribution in [3.05, 3.63) is 29.3 Å². The summed E-state index contributed by atoms with van der Waals surface area (Å²) in [5, 5.41) is 10.9. The van der Waals surface area contributed by atoms with Crippen molar-refractivity contribution in [1.82, 2.24) is 4.90 Å². The Bertz CT molecular complexity index is 622. The Hall–Kier alpha value is -2.37. The number of rotatable bonds is 1. The van der Waals surface area contributed by atoms with Crippen LogP contribution in [0.5, 0.6) is 0 Å². The first-order valence-corrected chi connectivity index (χ1v) is 6.74. The lowest BCUT2D eigenvalue weighted by molar-refractivity contribution is -0.142. The Morgan fingerprint density at radius 3 is 2.17 bits per heavy atom. The first-order chi connectivity index (χ1) is 10.7. The van der Waals surface area contributed by atoms with E-state index in [1.807, 2.05) is 0 Å². The standard InChI is InChI=1S/C14H12F5N3O/c15-10-5-9(6-11(16)12(10)14(17,18)19)21-13(23)22-3-1-8(7-20)2-4-22/h5-6,8H,1-4H2,(H,21,23). The van der Waals surface area contributed by atoms with Crippen molar-refractivity contribution in [2.45, 2.75) is 19.0 Å². The predicted octanol–water partition coefficient (Wildman–Crippen LogP) is 3.75. The van der Waals surface area contributed by atoms with Crippen molar-refractivity contribution >= 4 is 11.7 Å². The minimum absolute atomic E-state index is 0.153. The number of carbonyl (C=O) groups is 1. The minimum Gasteiger partial charge on any atom is -0.324 e. The summed E-state index contributed by atoms with van der Waals surface area (Å²) in [5.74, 6) is -3.74. The summed E-state index contributed by atoms with van der Waals surface area (Å²) in [5.41, 5.74) is -2.40. The number of nitrogens with zero attached hydrogens (tertiary/aromatic N) is 2. The third-order valence-corrected chi connectivity index (χ3v) is 3.54. The molecule has 1 saturated heterocycles. The van der Waals surface area contributed by atoms with Gasteiger partial charge in [0.2, 0.25) is 0 Å². The number of benzene rings is 1. The number of halogens is 5. The van der Waals surface area contributed by atoms with E-state index < -0.39 is 35.1 Å². The molecule has 2 rings (SSSR count). The fraction of sp³-hybridized carbons (Fsp3) is 0.429. The van der Waals surface area contributed by atoms with Crippen molar-refractivity contribution in [3.8, 4) is 6.07 Å². The summed E-state index contributed by atoms with van der Waals surface area (Å²) in [6.45, 7) is 0.575. The van der Waals surface area contributed by atoms with E-state index in [4.69, 9.17) is 5.26 Å². The summed E-state index contributed by atoms with van der Waals surface area (Å²) in [6, 6.07) is 2.25. The molecule has 23 heavy (non-hydrogen) atoms. The monoisotopic (exact) mass is 333 g/mol. The number of nitrogens with one attached hydrogen (secondary N) is 1. The molecule has 1 fully saturated rings. The lowest BCUT2D eigenvalue weighted by atomic mass is 9.99. The molecule has 4 nitrogen and oxygen atoms in total. The number of anilines is 1. The highest BCUT2D eigenvalue weighted by atomic mass is 19.4. The molecule has 1 heterocycles. The van der Waals surface area contributed by atoms with Crippen LogP contribution < -0.4 is 5.32 Å². The van der Waals surface area contributed by atoms with Crippen LogP contribution in [0.25, 0.3) is 0 Å². The fourth-order valence-corrected chi connectivity index (χ4v) is 2.33. The van der Waals surface area contributed by atoms with E-state index in [2.05, 4.69) is 11.4 Å². The van der Waals surface area contributed by atoms with E-state index in [0.717, 1.165) is 0 Å². The first-order valence-electron chi connectivity index (χ1n) is 6.74. The molecule has 1 aromatic carbocycles. The number of amides is 2. The third-order valence-electron chi connectivity index (χ3n) is 3.54. The summed E-state index contributed by atoms with van der Waals surface area (Å²) >= 11 is 0. The molecule has 9 heteroatoms. The zero-order valence-electron chi connectivity index (χ0n) is 11.8. The van der Waals surface area contributed by atoms with Crippen molar-refractivity contribution in [3.63, 3.8) is 0 Å². The first kappa shape index (κ1) is 17.0. The van der Waals surface area contributed by atoms with Gasteiger partial charge in [0.05, 0.1) is 6.07 Å². The molecule has 1 aliphatic rings. The average molecular weight is 333 g/mol. The Labute approximate surface area is 128 Å². The number of likely N-dealkylation sites (tertiary alicyclic amines) is 1. The van der Waals surface area contributed by atoms with Crippen LogP contribution in [0, 0.1) is 28.9 Å². The van der Waals surface area contributed by atoms with Crippen LogP contribution in [0.1, 0.15) is 18.4 Å². The van der Waals surface area contributed by atoms with Crippen molar-refractivity contribution in [2.75, 3.05) is 18.4 Å². The molecule has 0 saturated carbocycles. The van der Waals surface area contributed by atoms with E-state index in [1.54, 1.807) is 0 Å². The Morgan fingerprint density at radius 1 is 1.22 bits per heavy atom. The van der Waals surface area contributed by atoms with E-state index in [9.17, 15) is 26.7 Å². The molecule has 1 aromatic rings. The number of hydrogen-bond acceptors (Lipinski definition) is 2.